The number of ether oxygens (including phenoxy) is 1. The third kappa shape index (κ3) is 4.86. The molecule has 0 saturated carbocycles. The molecule has 1 aromatic heterocycles. The lowest BCUT2D eigenvalue weighted by atomic mass is 10.2. The minimum atomic E-state index is -4.34. The summed E-state index contributed by atoms with van der Waals surface area (Å²) in [6.45, 7) is 0.652. The van der Waals surface area contributed by atoms with E-state index in [1.165, 1.54) is 4.68 Å². The summed E-state index contributed by atoms with van der Waals surface area (Å²) in [5, 5.41) is 16.0. The molecule has 0 saturated heterocycles. The number of carboxylic acids is 1. The van der Waals surface area contributed by atoms with E-state index in [-0.39, 0.29) is 18.8 Å². The van der Waals surface area contributed by atoms with Crippen LogP contribution in [0.2, 0.25) is 0 Å². The van der Waals surface area contributed by atoms with Crippen molar-refractivity contribution in [2.45, 2.75) is 32.5 Å². The van der Waals surface area contributed by atoms with Crippen LogP contribution < -0.4 is 0 Å². The second kappa shape index (κ2) is 6.50. The van der Waals surface area contributed by atoms with Crippen molar-refractivity contribution in [3.8, 4) is 0 Å². The van der Waals surface area contributed by atoms with Crippen LogP contribution in [0.25, 0.3) is 0 Å². The van der Waals surface area contributed by atoms with Gasteiger partial charge in [0.2, 0.25) is 0 Å². The van der Waals surface area contributed by atoms with Gasteiger partial charge in [-0.25, -0.2) is 9.48 Å². The Morgan fingerprint density at radius 3 is 2.68 bits per heavy atom. The molecule has 9 heteroatoms. The zero-order valence-corrected chi connectivity index (χ0v) is 10.3. The van der Waals surface area contributed by atoms with Crippen LogP contribution in [-0.4, -0.2) is 45.5 Å². The second-order valence-electron chi connectivity index (χ2n) is 3.79. The number of aromatic nitrogens is 3. The highest BCUT2D eigenvalue weighted by molar-refractivity contribution is 5.86. The van der Waals surface area contributed by atoms with E-state index in [1.54, 1.807) is 6.92 Å². The van der Waals surface area contributed by atoms with Gasteiger partial charge in [-0.15, -0.1) is 5.10 Å². The average molecular weight is 281 g/mol. The van der Waals surface area contributed by atoms with Gasteiger partial charge >= 0.3 is 12.1 Å². The fourth-order valence-electron chi connectivity index (χ4n) is 1.53. The molecule has 19 heavy (non-hydrogen) atoms. The van der Waals surface area contributed by atoms with E-state index in [0.717, 1.165) is 0 Å². The standard InChI is InChI=1S/C10H14F3N3O3/c1-2-7-8(9(17)18)14-15-16(7)4-3-5-19-6-10(11,12)13/h2-6H2,1H3,(H,17,18). The average Bonchev–Trinajstić information content (AvgIpc) is 2.70. The summed E-state index contributed by atoms with van der Waals surface area (Å²) in [6.07, 6.45) is -3.61. The molecule has 0 aliphatic heterocycles. The van der Waals surface area contributed by atoms with Crippen molar-refractivity contribution >= 4 is 5.97 Å². The summed E-state index contributed by atoms with van der Waals surface area (Å²) >= 11 is 0. The smallest absolute Gasteiger partial charge is 0.411 e. The van der Waals surface area contributed by atoms with Crippen LogP contribution in [0.1, 0.15) is 29.5 Å². The summed E-state index contributed by atoms with van der Waals surface area (Å²) in [7, 11) is 0. The molecule has 0 unspecified atom stereocenters. The Balaban J connectivity index is 2.44. The molecule has 0 aliphatic rings. The van der Waals surface area contributed by atoms with Gasteiger partial charge in [0.1, 0.15) is 6.61 Å². The molecule has 0 atom stereocenters. The number of aryl methyl sites for hydroxylation is 1. The van der Waals surface area contributed by atoms with Crippen LogP contribution in [0.3, 0.4) is 0 Å². The maximum absolute atomic E-state index is 11.8. The van der Waals surface area contributed by atoms with Gasteiger partial charge in [-0.05, 0) is 12.8 Å². The predicted molar refractivity (Wildman–Crippen MR) is 57.9 cm³/mol. The van der Waals surface area contributed by atoms with Crippen LogP contribution in [0.4, 0.5) is 13.2 Å². The quantitative estimate of drug-likeness (QED) is 0.766. The van der Waals surface area contributed by atoms with Crippen molar-refractivity contribution in [1.29, 1.82) is 0 Å². The van der Waals surface area contributed by atoms with Crippen LogP contribution >= 0.6 is 0 Å². The van der Waals surface area contributed by atoms with Crippen molar-refractivity contribution in [1.82, 2.24) is 15.0 Å². The lowest BCUT2D eigenvalue weighted by Crippen LogP contribution is -2.18. The third-order valence-corrected chi connectivity index (χ3v) is 2.30. The molecular weight excluding hydrogens is 267 g/mol. The van der Waals surface area contributed by atoms with Crippen molar-refractivity contribution in [2.24, 2.45) is 0 Å². The molecule has 0 spiro atoms. The molecular formula is C10H14F3N3O3. The van der Waals surface area contributed by atoms with Crippen molar-refractivity contribution in [3.63, 3.8) is 0 Å². The van der Waals surface area contributed by atoms with Crippen LogP contribution in [0.15, 0.2) is 0 Å². The Kier molecular flexibility index (Phi) is 5.28. The van der Waals surface area contributed by atoms with Crippen molar-refractivity contribution in [3.05, 3.63) is 11.4 Å². The number of hydrogen-bond acceptors (Lipinski definition) is 4. The largest absolute Gasteiger partial charge is 0.476 e. The highest BCUT2D eigenvalue weighted by Crippen LogP contribution is 2.14. The number of rotatable bonds is 7. The first-order valence-corrected chi connectivity index (χ1v) is 5.65. The highest BCUT2D eigenvalue weighted by Gasteiger charge is 2.27. The van der Waals surface area contributed by atoms with E-state index in [9.17, 15) is 18.0 Å². The minimum absolute atomic E-state index is 0.0784. The Morgan fingerprint density at radius 2 is 2.16 bits per heavy atom. The topological polar surface area (TPSA) is 77.2 Å². The fourth-order valence-corrected chi connectivity index (χ4v) is 1.53. The zero-order chi connectivity index (χ0) is 14.5. The number of halogens is 3. The first-order valence-electron chi connectivity index (χ1n) is 5.65. The maximum Gasteiger partial charge on any atom is 0.411 e. The first-order chi connectivity index (χ1) is 8.85. The Bertz CT molecular complexity index is 431. The van der Waals surface area contributed by atoms with Gasteiger partial charge in [0.05, 0.1) is 5.69 Å². The fraction of sp³-hybridized carbons (Fsp3) is 0.700. The molecule has 0 aliphatic carbocycles. The van der Waals surface area contributed by atoms with Gasteiger partial charge in [-0.3, -0.25) is 0 Å². The number of aromatic carboxylic acids is 1. The van der Waals surface area contributed by atoms with Gasteiger partial charge in [0.25, 0.3) is 0 Å². The molecule has 0 amide bonds. The van der Waals surface area contributed by atoms with Crippen LogP contribution in [-0.2, 0) is 17.7 Å². The monoisotopic (exact) mass is 281 g/mol. The lowest BCUT2D eigenvalue weighted by molar-refractivity contribution is -0.174. The summed E-state index contributed by atoms with van der Waals surface area (Å²) in [5.74, 6) is -1.17. The van der Waals surface area contributed by atoms with Gasteiger partial charge < -0.3 is 9.84 Å². The molecule has 0 radical (unpaired) electrons. The molecule has 1 rings (SSSR count). The molecule has 1 N–H and O–H groups in total. The van der Waals surface area contributed by atoms with Gasteiger partial charge in [-0.1, -0.05) is 12.1 Å². The molecule has 1 heterocycles. The normalized spacial score (nSPS) is 11.8. The van der Waals surface area contributed by atoms with Gasteiger partial charge in [0.15, 0.2) is 5.69 Å². The van der Waals surface area contributed by atoms with Crippen LogP contribution in [0, 0.1) is 0 Å². The molecule has 0 fully saturated rings. The van der Waals surface area contributed by atoms with Crippen molar-refractivity contribution in [2.75, 3.05) is 13.2 Å². The maximum atomic E-state index is 11.8. The molecule has 1 aromatic rings. The number of alkyl halides is 3. The first kappa shape index (κ1) is 15.4. The Morgan fingerprint density at radius 1 is 1.47 bits per heavy atom. The summed E-state index contributed by atoms with van der Waals surface area (Å²) in [6, 6.07) is 0. The second-order valence-corrected chi connectivity index (χ2v) is 3.79. The van der Waals surface area contributed by atoms with Gasteiger partial charge in [0, 0.05) is 13.2 Å². The van der Waals surface area contributed by atoms with Crippen LogP contribution in [0.5, 0.6) is 0 Å². The molecule has 108 valence electrons. The van der Waals surface area contributed by atoms with E-state index in [0.29, 0.717) is 18.5 Å². The molecule has 6 nitrogen and oxygen atoms in total. The number of carbonyl (C=O) groups is 1. The summed E-state index contributed by atoms with van der Waals surface area (Å²) in [5.41, 5.74) is 0.321. The van der Waals surface area contributed by atoms with E-state index < -0.39 is 18.8 Å². The van der Waals surface area contributed by atoms with E-state index in [4.69, 9.17) is 5.11 Å². The van der Waals surface area contributed by atoms with Gasteiger partial charge in [-0.2, -0.15) is 13.2 Å². The lowest BCUT2D eigenvalue weighted by Gasteiger charge is -2.08. The summed E-state index contributed by atoms with van der Waals surface area (Å²) in [4.78, 5) is 10.8. The highest BCUT2D eigenvalue weighted by atomic mass is 19.4. The summed E-state index contributed by atoms with van der Waals surface area (Å²) < 4.78 is 41.2. The van der Waals surface area contributed by atoms with E-state index in [1.807, 2.05) is 0 Å². The Labute approximate surface area is 107 Å². The zero-order valence-electron chi connectivity index (χ0n) is 10.3. The molecule has 0 aromatic carbocycles. The number of hydrogen-bond donors (Lipinski definition) is 1. The number of nitrogens with zero attached hydrogens (tertiary/aromatic N) is 3. The Hall–Kier alpha value is -1.64. The van der Waals surface area contributed by atoms with E-state index >= 15 is 0 Å². The predicted octanol–water partition coefficient (Wildman–Crippen LogP) is 1.51. The third-order valence-electron chi connectivity index (χ3n) is 2.30. The minimum Gasteiger partial charge on any atom is -0.476 e. The van der Waals surface area contributed by atoms with Crippen molar-refractivity contribution < 1.29 is 27.8 Å². The SMILES string of the molecule is CCc1c(C(=O)O)nnn1CCCOCC(F)(F)F. The number of carboxylic acid groups (broad SMARTS) is 1. The molecule has 0 bridgehead atoms. The van der Waals surface area contributed by atoms with E-state index in [2.05, 4.69) is 15.0 Å².